The average Bonchev–Trinajstić information content (AvgIpc) is 2.93. The molecule has 214 valence electrons. The maximum absolute atomic E-state index is 13.6. The van der Waals surface area contributed by atoms with Crippen molar-refractivity contribution < 1.29 is 22.7 Å². The Labute approximate surface area is 241 Å². The number of nitrogens with one attached hydrogen (secondary N) is 1. The van der Waals surface area contributed by atoms with Crippen LogP contribution in [0.5, 0.6) is 5.75 Å². The van der Waals surface area contributed by atoms with Gasteiger partial charge in [0.1, 0.15) is 24.9 Å². The van der Waals surface area contributed by atoms with E-state index in [9.17, 15) is 18.0 Å². The van der Waals surface area contributed by atoms with Crippen LogP contribution in [0.3, 0.4) is 0 Å². The average molecular weight is 586 g/mol. The molecule has 0 radical (unpaired) electrons. The molecule has 1 N–H and O–H groups in total. The quantitative estimate of drug-likeness (QED) is 0.268. The molecule has 40 heavy (non-hydrogen) atoms. The molecule has 3 aromatic rings. The molecule has 0 bridgehead atoms. The van der Waals surface area contributed by atoms with Crippen molar-refractivity contribution in [2.75, 3.05) is 23.7 Å². The smallest absolute Gasteiger partial charge is 0.244 e. The van der Waals surface area contributed by atoms with Crippen molar-refractivity contribution in [1.29, 1.82) is 0 Å². The number of amides is 2. The largest absolute Gasteiger partial charge is 0.489 e. The molecule has 0 aliphatic carbocycles. The second kappa shape index (κ2) is 14.7. The van der Waals surface area contributed by atoms with Gasteiger partial charge in [0, 0.05) is 18.1 Å². The van der Waals surface area contributed by atoms with Gasteiger partial charge in [0.2, 0.25) is 21.8 Å². The van der Waals surface area contributed by atoms with E-state index < -0.39 is 28.5 Å². The van der Waals surface area contributed by atoms with Crippen LogP contribution in [-0.2, 0) is 32.8 Å². The first-order valence-corrected chi connectivity index (χ1v) is 15.4. The van der Waals surface area contributed by atoms with Gasteiger partial charge in [-0.15, -0.1) is 0 Å². The van der Waals surface area contributed by atoms with Gasteiger partial charge in [0.05, 0.1) is 11.9 Å². The van der Waals surface area contributed by atoms with Crippen molar-refractivity contribution in [3.8, 4) is 5.75 Å². The van der Waals surface area contributed by atoms with Gasteiger partial charge in [-0.3, -0.25) is 13.9 Å². The fourth-order valence-corrected chi connectivity index (χ4v) is 5.08. The van der Waals surface area contributed by atoms with Gasteiger partial charge in [-0.1, -0.05) is 67.4 Å². The lowest BCUT2D eigenvalue weighted by molar-refractivity contribution is -0.139. The van der Waals surface area contributed by atoms with Crippen molar-refractivity contribution in [2.45, 2.75) is 45.9 Å². The number of benzene rings is 3. The van der Waals surface area contributed by atoms with Crippen molar-refractivity contribution in [3.05, 3.63) is 95.0 Å². The van der Waals surface area contributed by atoms with E-state index in [1.165, 1.54) is 4.90 Å². The number of ether oxygens (including phenoxy) is 1. The molecule has 1 atom stereocenters. The number of halogens is 1. The molecular weight excluding hydrogens is 550 g/mol. The summed E-state index contributed by atoms with van der Waals surface area (Å²) in [6.45, 7) is 4.12. The van der Waals surface area contributed by atoms with Crippen molar-refractivity contribution >= 4 is 39.1 Å². The van der Waals surface area contributed by atoms with E-state index in [1.54, 1.807) is 55.5 Å². The third-order valence-corrected chi connectivity index (χ3v) is 7.67. The number of sulfonamides is 1. The molecule has 2 amide bonds. The van der Waals surface area contributed by atoms with Crippen LogP contribution in [0.1, 0.15) is 37.8 Å². The lowest BCUT2D eigenvalue weighted by Crippen LogP contribution is -2.51. The fraction of sp³-hybridized carbons (Fsp3) is 0.333. The monoisotopic (exact) mass is 585 g/mol. The Morgan fingerprint density at radius 2 is 1.65 bits per heavy atom. The number of anilines is 1. The maximum atomic E-state index is 13.6. The highest BCUT2D eigenvalue weighted by Gasteiger charge is 2.30. The molecule has 10 heteroatoms. The lowest BCUT2D eigenvalue weighted by atomic mass is 10.1. The van der Waals surface area contributed by atoms with Crippen LogP contribution in [0.4, 0.5) is 5.69 Å². The zero-order valence-corrected chi connectivity index (χ0v) is 24.6. The van der Waals surface area contributed by atoms with Gasteiger partial charge in [-0.05, 0) is 60.9 Å². The first-order valence-electron chi connectivity index (χ1n) is 13.1. The van der Waals surface area contributed by atoms with Crippen molar-refractivity contribution in [2.24, 2.45) is 0 Å². The standard InChI is InChI=1S/C30H36ClN3O5S/c1-4-5-18-32-30(36)23(2)33(20-25-12-9-13-26(31)19-25)29(35)21-34(40(3,37)38)27-14-16-28(17-15-27)39-22-24-10-7-6-8-11-24/h6-17,19,23H,4-5,18,20-22H2,1-3H3,(H,32,36)/t23-/m0/s1. The molecule has 0 unspecified atom stereocenters. The maximum Gasteiger partial charge on any atom is 0.244 e. The molecule has 3 aromatic carbocycles. The second-order valence-corrected chi connectivity index (χ2v) is 11.9. The van der Waals surface area contributed by atoms with Crippen LogP contribution in [0.25, 0.3) is 0 Å². The van der Waals surface area contributed by atoms with Gasteiger partial charge >= 0.3 is 0 Å². The Kier molecular flexibility index (Phi) is 11.4. The number of hydrogen-bond acceptors (Lipinski definition) is 5. The van der Waals surface area contributed by atoms with Crippen LogP contribution >= 0.6 is 11.6 Å². The van der Waals surface area contributed by atoms with Gasteiger partial charge in [-0.2, -0.15) is 0 Å². The molecule has 0 aliphatic rings. The molecule has 3 rings (SSSR count). The molecule has 0 spiro atoms. The van der Waals surface area contributed by atoms with Crippen molar-refractivity contribution in [1.82, 2.24) is 10.2 Å². The molecular formula is C30H36ClN3O5S. The third-order valence-electron chi connectivity index (χ3n) is 6.29. The van der Waals surface area contributed by atoms with Gasteiger partial charge in [-0.25, -0.2) is 8.42 Å². The highest BCUT2D eigenvalue weighted by atomic mass is 35.5. The summed E-state index contributed by atoms with van der Waals surface area (Å²) in [5.41, 5.74) is 2.04. The summed E-state index contributed by atoms with van der Waals surface area (Å²) in [4.78, 5) is 27.9. The number of unbranched alkanes of at least 4 members (excludes halogenated alkanes) is 1. The summed E-state index contributed by atoms with van der Waals surface area (Å²) in [5, 5.41) is 3.35. The van der Waals surface area contributed by atoms with E-state index in [4.69, 9.17) is 16.3 Å². The summed E-state index contributed by atoms with van der Waals surface area (Å²) in [7, 11) is -3.83. The molecule has 0 saturated heterocycles. The zero-order chi connectivity index (χ0) is 29.1. The number of carbonyl (C=O) groups excluding carboxylic acids is 2. The summed E-state index contributed by atoms with van der Waals surface area (Å²) in [5.74, 6) is -0.269. The predicted octanol–water partition coefficient (Wildman–Crippen LogP) is 5.02. The van der Waals surface area contributed by atoms with Crippen LogP contribution < -0.4 is 14.4 Å². The SMILES string of the molecule is CCCCNC(=O)[C@H](C)N(Cc1cccc(Cl)c1)C(=O)CN(c1ccc(OCc2ccccc2)cc1)S(C)(=O)=O. The Balaban J connectivity index is 1.80. The molecule has 0 fully saturated rings. The minimum atomic E-state index is -3.83. The molecule has 0 aromatic heterocycles. The van der Waals surface area contributed by atoms with E-state index in [2.05, 4.69) is 5.32 Å². The third kappa shape index (κ3) is 9.27. The summed E-state index contributed by atoms with van der Waals surface area (Å²) < 4.78 is 32.4. The Hall–Kier alpha value is -3.56. The summed E-state index contributed by atoms with van der Waals surface area (Å²) >= 11 is 6.15. The Morgan fingerprint density at radius 3 is 2.27 bits per heavy atom. The summed E-state index contributed by atoms with van der Waals surface area (Å²) in [6, 6.07) is 22.3. The van der Waals surface area contributed by atoms with E-state index in [-0.39, 0.29) is 12.5 Å². The molecule has 0 heterocycles. The van der Waals surface area contributed by atoms with Gasteiger partial charge in [0.25, 0.3) is 0 Å². The van der Waals surface area contributed by atoms with Crippen LogP contribution in [0.15, 0.2) is 78.9 Å². The van der Waals surface area contributed by atoms with Crippen LogP contribution in [0.2, 0.25) is 5.02 Å². The first-order chi connectivity index (χ1) is 19.1. The number of nitrogens with zero attached hydrogens (tertiary/aromatic N) is 2. The predicted molar refractivity (Wildman–Crippen MR) is 159 cm³/mol. The first kappa shape index (κ1) is 31.0. The second-order valence-electron chi connectivity index (χ2n) is 9.51. The highest BCUT2D eigenvalue weighted by Crippen LogP contribution is 2.23. The highest BCUT2D eigenvalue weighted by molar-refractivity contribution is 7.92. The van der Waals surface area contributed by atoms with Gasteiger partial charge in [0.15, 0.2) is 0 Å². The Bertz CT molecular complexity index is 1370. The van der Waals surface area contributed by atoms with E-state index in [0.29, 0.717) is 29.6 Å². The number of hydrogen-bond donors (Lipinski definition) is 1. The van der Waals surface area contributed by atoms with E-state index in [1.807, 2.05) is 37.3 Å². The van der Waals surface area contributed by atoms with Crippen molar-refractivity contribution in [3.63, 3.8) is 0 Å². The summed E-state index contributed by atoms with van der Waals surface area (Å²) in [6.07, 6.45) is 2.77. The lowest BCUT2D eigenvalue weighted by Gasteiger charge is -2.31. The zero-order valence-electron chi connectivity index (χ0n) is 23.0. The van der Waals surface area contributed by atoms with E-state index in [0.717, 1.165) is 34.5 Å². The van der Waals surface area contributed by atoms with Crippen LogP contribution in [-0.4, -0.2) is 50.5 Å². The number of rotatable bonds is 14. The minimum Gasteiger partial charge on any atom is -0.489 e. The normalized spacial score (nSPS) is 11.9. The minimum absolute atomic E-state index is 0.0889. The van der Waals surface area contributed by atoms with Gasteiger partial charge < -0.3 is 15.0 Å². The fourth-order valence-electron chi connectivity index (χ4n) is 4.01. The Morgan fingerprint density at radius 1 is 0.975 bits per heavy atom. The van der Waals surface area contributed by atoms with E-state index >= 15 is 0 Å². The topological polar surface area (TPSA) is 96.0 Å². The molecule has 0 aliphatic heterocycles. The van der Waals surface area contributed by atoms with Crippen LogP contribution in [0, 0.1) is 0 Å². The number of carbonyl (C=O) groups is 2. The molecule has 0 saturated carbocycles. The molecule has 8 nitrogen and oxygen atoms in total.